The molecule has 1 aliphatic heterocycles. The maximum Gasteiger partial charge on any atom is 0.244 e. The van der Waals surface area contributed by atoms with Gasteiger partial charge in [-0.1, -0.05) is 19.8 Å². The van der Waals surface area contributed by atoms with Crippen LogP contribution < -0.4 is 5.32 Å². The minimum absolute atomic E-state index is 0.124. The molecule has 3 rings (SSSR count). The fourth-order valence-corrected chi connectivity index (χ4v) is 3.46. The summed E-state index contributed by atoms with van der Waals surface area (Å²) in [5.41, 5.74) is -0.124. The lowest BCUT2D eigenvalue weighted by Crippen LogP contribution is -2.39. The molecular formula is C13H22N2O. The van der Waals surface area contributed by atoms with E-state index in [1.54, 1.807) is 0 Å². The van der Waals surface area contributed by atoms with Crippen LogP contribution in [0.4, 0.5) is 0 Å². The predicted molar refractivity (Wildman–Crippen MR) is 62.8 cm³/mol. The number of hydrogen-bond acceptors (Lipinski definition) is 2. The molecule has 0 aromatic carbocycles. The molecule has 1 N–H and O–H groups in total. The van der Waals surface area contributed by atoms with Crippen molar-refractivity contribution in [3.05, 3.63) is 0 Å². The van der Waals surface area contributed by atoms with E-state index in [1.807, 2.05) is 0 Å². The molecule has 1 saturated heterocycles. The second kappa shape index (κ2) is 3.46. The first-order valence-corrected chi connectivity index (χ1v) is 6.71. The molecule has 0 radical (unpaired) electrons. The molecule has 0 aromatic heterocycles. The average molecular weight is 222 g/mol. The van der Waals surface area contributed by atoms with Crippen molar-refractivity contribution >= 4 is 5.91 Å². The normalized spacial score (nSPS) is 41.0. The van der Waals surface area contributed by atoms with Crippen molar-refractivity contribution in [3.8, 4) is 0 Å². The van der Waals surface area contributed by atoms with Gasteiger partial charge in [-0.25, -0.2) is 0 Å². The number of amides is 1. The molecule has 16 heavy (non-hydrogen) atoms. The largest absolute Gasteiger partial charge is 0.326 e. The summed E-state index contributed by atoms with van der Waals surface area (Å²) in [6.07, 6.45) is 6.35. The topological polar surface area (TPSA) is 32.3 Å². The van der Waals surface area contributed by atoms with Gasteiger partial charge in [0, 0.05) is 6.54 Å². The molecule has 3 fully saturated rings. The minimum Gasteiger partial charge on any atom is -0.326 e. The van der Waals surface area contributed by atoms with Gasteiger partial charge < -0.3 is 4.90 Å². The smallest absolute Gasteiger partial charge is 0.244 e. The lowest BCUT2D eigenvalue weighted by molar-refractivity contribution is -0.131. The summed E-state index contributed by atoms with van der Waals surface area (Å²) in [4.78, 5) is 14.4. The van der Waals surface area contributed by atoms with E-state index in [0.717, 1.165) is 31.2 Å². The van der Waals surface area contributed by atoms with Crippen molar-refractivity contribution in [3.63, 3.8) is 0 Å². The molecule has 2 aliphatic carbocycles. The van der Waals surface area contributed by atoms with Gasteiger partial charge in [-0.3, -0.25) is 10.1 Å². The molecule has 0 aromatic rings. The maximum atomic E-state index is 12.3. The zero-order valence-electron chi connectivity index (χ0n) is 10.3. The van der Waals surface area contributed by atoms with Gasteiger partial charge in [0.25, 0.3) is 0 Å². The Morgan fingerprint density at radius 1 is 1.38 bits per heavy atom. The van der Waals surface area contributed by atoms with Crippen LogP contribution in [0, 0.1) is 11.8 Å². The highest BCUT2D eigenvalue weighted by molar-refractivity contribution is 5.91. The zero-order chi connectivity index (χ0) is 11.3. The second-order valence-electron chi connectivity index (χ2n) is 6.03. The van der Waals surface area contributed by atoms with Crippen LogP contribution in [0.25, 0.3) is 0 Å². The van der Waals surface area contributed by atoms with Gasteiger partial charge in [-0.05, 0) is 38.0 Å². The minimum atomic E-state index is -0.124. The van der Waals surface area contributed by atoms with E-state index in [-0.39, 0.29) is 11.7 Å². The lowest BCUT2D eigenvalue weighted by Gasteiger charge is -2.26. The van der Waals surface area contributed by atoms with Gasteiger partial charge in [0.05, 0.1) is 11.7 Å². The van der Waals surface area contributed by atoms with Gasteiger partial charge in [-0.15, -0.1) is 0 Å². The average Bonchev–Trinajstić information content (AvgIpc) is 2.85. The highest BCUT2D eigenvalue weighted by Gasteiger charge is 2.58. The number of rotatable bonds is 2. The molecule has 1 amide bonds. The van der Waals surface area contributed by atoms with Gasteiger partial charge in [0.15, 0.2) is 0 Å². The van der Waals surface area contributed by atoms with E-state index < -0.39 is 0 Å². The summed E-state index contributed by atoms with van der Waals surface area (Å²) in [6, 6.07) is 0. The van der Waals surface area contributed by atoms with Crippen LogP contribution in [0.3, 0.4) is 0 Å². The standard InChI is InChI=1S/C13H22N2O/c1-9-4-3-5-11(9)8-15-10(2)14-13(6-7-13)12(15)16/h9-11,14H,3-8H2,1-2H3. The third kappa shape index (κ3) is 1.48. The van der Waals surface area contributed by atoms with E-state index in [0.29, 0.717) is 5.91 Å². The van der Waals surface area contributed by atoms with Gasteiger partial charge >= 0.3 is 0 Å². The van der Waals surface area contributed by atoms with Crippen LogP contribution in [0.2, 0.25) is 0 Å². The second-order valence-corrected chi connectivity index (χ2v) is 6.03. The summed E-state index contributed by atoms with van der Waals surface area (Å²) in [5, 5.41) is 3.47. The van der Waals surface area contributed by atoms with Crippen molar-refractivity contribution in [2.45, 2.75) is 57.7 Å². The number of hydrogen-bond donors (Lipinski definition) is 1. The van der Waals surface area contributed by atoms with Crippen molar-refractivity contribution < 1.29 is 4.79 Å². The Balaban J connectivity index is 1.68. The highest BCUT2D eigenvalue weighted by Crippen LogP contribution is 2.43. The number of nitrogens with zero attached hydrogens (tertiary/aromatic N) is 1. The van der Waals surface area contributed by atoms with Crippen molar-refractivity contribution in [2.24, 2.45) is 11.8 Å². The molecule has 3 atom stereocenters. The Morgan fingerprint density at radius 3 is 2.62 bits per heavy atom. The summed E-state index contributed by atoms with van der Waals surface area (Å²) >= 11 is 0. The first-order valence-electron chi connectivity index (χ1n) is 6.71. The quantitative estimate of drug-likeness (QED) is 0.771. The van der Waals surface area contributed by atoms with Gasteiger partial charge in [-0.2, -0.15) is 0 Å². The molecule has 1 heterocycles. The summed E-state index contributed by atoms with van der Waals surface area (Å²) in [7, 11) is 0. The Kier molecular flexibility index (Phi) is 2.29. The fraction of sp³-hybridized carbons (Fsp3) is 0.923. The van der Waals surface area contributed by atoms with Crippen molar-refractivity contribution in [2.75, 3.05) is 6.54 Å². The molecule has 3 heteroatoms. The fourth-order valence-electron chi connectivity index (χ4n) is 3.46. The Bertz CT molecular complexity index is 311. The lowest BCUT2D eigenvalue weighted by atomic mass is 9.97. The van der Waals surface area contributed by atoms with E-state index in [9.17, 15) is 4.79 Å². The number of carbonyl (C=O) groups excluding carboxylic acids is 1. The van der Waals surface area contributed by atoms with Crippen LogP contribution >= 0.6 is 0 Å². The van der Waals surface area contributed by atoms with E-state index >= 15 is 0 Å². The monoisotopic (exact) mass is 222 g/mol. The van der Waals surface area contributed by atoms with Gasteiger partial charge in [0.2, 0.25) is 5.91 Å². The molecule has 3 aliphatic rings. The van der Waals surface area contributed by atoms with Crippen LogP contribution in [0.15, 0.2) is 0 Å². The molecule has 90 valence electrons. The number of carbonyl (C=O) groups is 1. The molecule has 3 unspecified atom stereocenters. The van der Waals surface area contributed by atoms with Gasteiger partial charge in [0.1, 0.15) is 0 Å². The van der Waals surface area contributed by atoms with Crippen molar-refractivity contribution in [1.82, 2.24) is 10.2 Å². The SMILES string of the molecule is CC1CCCC1CN1C(=O)C2(CC2)NC1C. The maximum absolute atomic E-state index is 12.3. The third-order valence-corrected chi connectivity index (χ3v) is 4.84. The van der Waals surface area contributed by atoms with E-state index in [2.05, 4.69) is 24.1 Å². The molecule has 0 bridgehead atoms. The molecule has 1 spiro atoms. The molecular weight excluding hydrogens is 200 g/mol. The first kappa shape index (κ1) is 10.6. The summed E-state index contributed by atoms with van der Waals surface area (Å²) in [5.74, 6) is 1.91. The highest BCUT2D eigenvalue weighted by atomic mass is 16.2. The van der Waals surface area contributed by atoms with Crippen LogP contribution in [0.1, 0.15) is 46.0 Å². The van der Waals surface area contributed by atoms with E-state index in [1.165, 1.54) is 19.3 Å². The first-order chi connectivity index (χ1) is 7.62. The Morgan fingerprint density at radius 2 is 2.12 bits per heavy atom. The van der Waals surface area contributed by atoms with Crippen LogP contribution in [0.5, 0.6) is 0 Å². The van der Waals surface area contributed by atoms with E-state index in [4.69, 9.17) is 0 Å². The Labute approximate surface area is 97.6 Å². The summed E-state index contributed by atoms with van der Waals surface area (Å²) < 4.78 is 0. The zero-order valence-corrected chi connectivity index (χ0v) is 10.3. The summed E-state index contributed by atoms with van der Waals surface area (Å²) in [6.45, 7) is 5.45. The third-order valence-electron chi connectivity index (χ3n) is 4.84. The predicted octanol–water partition coefficient (Wildman–Crippen LogP) is 1.73. The Hall–Kier alpha value is -0.570. The van der Waals surface area contributed by atoms with Crippen molar-refractivity contribution in [1.29, 1.82) is 0 Å². The van der Waals surface area contributed by atoms with Crippen LogP contribution in [-0.4, -0.2) is 29.1 Å². The number of nitrogens with one attached hydrogen (secondary N) is 1. The molecule has 3 nitrogen and oxygen atoms in total. The molecule has 2 saturated carbocycles. The van der Waals surface area contributed by atoms with Crippen LogP contribution in [-0.2, 0) is 4.79 Å².